The predicted octanol–water partition coefficient (Wildman–Crippen LogP) is 4.24. The normalized spacial score (nSPS) is 11.0. The van der Waals surface area contributed by atoms with E-state index in [0.717, 1.165) is 10.8 Å². The summed E-state index contributed by atoms with van der Waals surface area (Å²) in [6.45, 7) is -0.961. The third kappa shape index (κ3) is 6.62. The van der Waals surface area contributed by atoms with Crippen LogP contribution in [0.1, 0.15) is 0 Å². The van der Waals surface area contributed by atoms with Crippen LogP contribution in [0, 0.1) is 0 Å². The minimum atomic E-state index is -3.80. The monoisotopic (exact) mass is 564 g/mol. The Balaban J connectivity index is 1.29. The lowest BCUT2D eigenvalue weighted by Gasteiger charge is -2.20. The Morgan fingerprint density at radius 1 is 0.800 bits per heavy atom. The van der Waals surface area contributed by atoms with Crippen molar-refractivity contribution in [1.82, 2.24) is 0 Å². The number of carbonyl (C=O) groups is 2. The van der Waals surface area contributed by atoms with Crippen LogP contribution < -0.4 is 23.8 Å². The number of amides is 1. The van der Waals surface area contributed by atoms with Gasteiger partial charge in [-0.1, -0.05) is 30.3 Å². The fourth-order valence-corrected chi connectivity index (χ4v) is 5.03. The Bertz CT molecular complexity index is 1620. The van der Waals surface area contributed by atoms with Gasteiger partial charge in [0, 0.05) is 13.1 Å². The van der Waals surface area contributed by atoms with Crippen molar-refractivity contribution < 1.29 is 37.0 Å². The van der Waals surface area contributed by atoms with Crippen LogP contribution in [-0.4, -0.2) is 54.8 Å². The van der Waals surface area contributed by atoms with Gasteiger partial charge in [-0.2, -0.15) is 0 Å². The molecule has 4 aromatic carbocycles. The van der Waals surface area contributed by atoms with Gasteiger partial charge in [0.05, 0.1) is 30.5 Å². The maximum atomic E-state index is 13.2. The van der Waals surface area contributed by atoms with Gasteiger partial charge in [0.1, 0.15) is 17.2 Å². The second kappa shape index (κ2) is 12.4. The van der Waals surface area contributed by atoms with E-state index in [9.17, 15) is 18.0 Å². The van der Waals surface area contributed by atoms with Crippen LogP contribution in [-0.2, 0) is 24.3 Å². The Kier molecular flexibility index (Phi) is 8.75. The number of sulfonamides is 1. The first-order valence-corrected chi connectivity index (χ1v) is 13.5. The number of hydrogen-bond donors (Lipinski definition) is 1. The standard InChI is InChI=1S/C29H28N2O8S/c1-31(40(34,35)25-14-8-20-6-4-5-7-21(20)16-25)22-9-11-23(12-10-22)38-19-29(33)39-18-28(32)30-26-15-13-24(36-2)17-27(26)37-3/h4-17H,18-19H2,1-3H3,(H,30,32). The van der Waals surface area contributed by atoms with Crippen molar-refractivity contribution >= 4 is 44.0 Å². The molecule has 0 aliphatic heterocycles. The van der Waals surface area contributed by atoms with Crippen LogP contribution in [0.3, 0.4) is 0 Å². The van der Waals surface area contributed by atoms with Gasteiger partial charge in [0.15, 0.2) is 13.2 Å². The maximum absolute atomic E-state index is 13.2. The Morgan fingerprint density at radius 3 is 2.20 bits per heavy atom. The molecule has 208 valence electrons. The molecule has 1 N–H and O–H groups in total. The van der Waals surface area contributed by atoms with E-state index in [0.29, 0.717) is 28.6 Å². The van der Waals surface area contributed by atoms with E-state index < -0.39 is 35.1 Å². The van der Waals surface area contributed by atoms with Gasteiger partial charge in [-0.25, -0.2) is 13.2 Å². The number of nitrogens with zero attached hydrogens (tertiary/aromatic N) is 1. The first-order valence-electron chi connectivity index (χ1n) is 12.1. The topological polar surface area (TPSA) is 120 Å². The third-order valence-corrected chi connectivity index (χ3v) is 7.76. The van der Waals surface area contributed by atoms with Crippen LogP contribution >= 0.6 is 0 Å². The minimum absolute atomic E-state index is 0.172. The molecular weight excluding hydrogens is 536 g/mol. The summed E-state index contributed by atoms with van der Waals surface area (Å²) in [6.07, 6.45) is 0. The molecule has 0 unspecified atom stereocenters. The highest BCUT2D eigenvalue weighted by molar-refractivity contribution is 7.92. The zero-order valence-corrected chi connectivity index (χ0v) is 22.9. The molecule has 0 bridgehead atoms. The van der Waals surface area contributed by atoms with Gasteiger partial charge < -0.3 is 24.3 Å². The number of esters is 1. The average Bonchev–Trinajstić information content (AvgIpc) is 2.98. The number of hydrogen-bond acceptors (Lipinski definition) is 8. The molecule has 0 aromatic heterocycles. The number of rotatable bonds is 11. The van der Waals surface area contributed by atoms with E-state index in [1.54, 1.807) is 48.5 Å². The zero-order chi connectivity index (χ0) is 28.7. The maximum Gasteiger partial charge on any atom is 0.344 e. The van der Waals surface area contributed by atoms with Crippen molar-refractivity contribution in [2.24, 2.45) is 0 Å². The van der Waals surface area contributed by atoms with E-state index >= 15 is 0 Å². The summed E-state index contributed by atoms with van der Waals surface area (Å²) in [4.78, 5) is 24.4. The summed E-state index contributed by atoms with van der Waals surface area (Å²) in [7, 11) is 0.628. The molecule has 10 nitrogen and oxygen atoms in total. The molecule has 0 heterocycles. The van der Waals surface area contributed by atoms with E-state index in [-0.39, 0.29) is 4.90 Å². The molecule has 0 radical (unpaired) electrons. The second-order valence-corrected chi connectivity index (χ2v) is 10.5. The molecule has 0 fully saturated rings. The number of anilines is 2. The van der Waals surface area contributed by atoms with Crippen molar-refractivity contribution in [3.05, 3.63) is 84.9 Å². The SMILES string of the molecule is COc1ccc(NC(=O)COC(=O)COc2ccc(N(C)S(=O)(=O)c3ccc4ccccc4c3)cc2)c(OC)c1. The van der Waals surface area contributed by atoms with Gasteiger partial charge >= 0.3 is 5.97 Å². The molecule has 11 heteroatoms. The molecule has 4 aromatic rings. The quantitative estimate of drug-likeness (QED) is 0.269. The van der Waals surface area contributed by atoms with Gasteiger partial charge in [-0.3, -0.25) is 9.10 Å². The fourth-order valence-electron chi connectivity index (χ4n) is 3.80. The Hall–Kier alpha value is -4.77. The molecule has 0 saturated heterocycles. The van der Waals surface area contributed by atoms with Crippen LogP contribution in [0.25, 0.3) is 10.8 Å². The number of fused-ring (bicyclic) bond motifs is 1. The number of methoxy groups -OCH3 is 2. The summed E-state index contributed by atoms with van der Waals surface area (Å²) in [5.74, 6) is -0.0375. The van der Waals surface area contributed by atoms with Crippen molar-refractivity contribution in [2.75, 3.05) is 44.1 Å². The van der Waals surface area contributed by atoms with Crippen LogP contribution in [0.5, 0.6) is 17.2 Å². The van der Waals surface area contributed by atoms with Crippen molar-refractivity contribution in [1.29, 1.82) is 0 Å². The molecule has 0 saturated carbocycles. The summed E-state index contributed by atoms with van der Waals surface area (Å²) in [6, 6.07) is 23.6. The fraction of sp³-hybridized carbons (Fsp3) is 0.172. The highest BCUT2D eigenvalue weighted by atomic mass is 32.2. The minimum Gasteiger partial charge on any atom is -0.497 e. The summed E-state index contributed by atoms with van der Waals surface area (Å²) < 4.78 is 48.3. The third-order valence-electron chi connectivity index (χ3n) is 5.98. The predicted molar refractivity (Wildman–Crippen MR) is 151 cm³/mol. The Labute approximate surface area is 232 Å². The first kappa shape index (κ1) is 28.2. The average molecular weight is 565 g/mol. The molecule has 0 aliphatic carbocycles. The van der Waals surface area contributed by atoms with Crippen molar-refractivity contribution in [3.8, 4) is 17.2 Å². The summed E-state index contributed by atoms with van der Waals surface area (Å²) >= 11 is 0. The number of nitrogens with one attached hydrogen (secondary N) is 1. The molecular formula is C29H28N2O8S. The smallest absolute Gasteiger partial charge is 0.344 e. The van der Waals surface area contributed by atoms with E-state index in [1.807, 2.05) is 24.3 Å². The van der Waals surface area contributed by atoms with Crippen LogP contribution in [0.4, 0.5) is 11.4 Å². The lowest BCUT2D eigenvalue weighted by Crippen LogP contribution is -2.26. The first-order chi connectivity index (χ1) is 19.2. The number of ether oxygens (including phenoxy) is 4. The largest absolute Gasteiger partial charge is 0.497 e. The number of benzene rings is 4. The lowest BCUT2D eigenvalue weighted by atomic mass is 10.1. The molecule has 0 aliphatic rings. The molecule has 0 atom stereocenters. The lowest BCUT2D eigenvalue weighted by molar-refractivity contribution is -0.149. The van der Waals surface area contributed by atoms with Crippen LogP contribution in [0.2, 0.25) is 0 Å². The van der Waals surface area contributed by atoms with Crippen molar-refractivity contribution in [3.63, 3.8) is 0 Å². The van der Waals surface area contributed by atoms with Gasteiger partial charge in [-0.05, 0) is 59.3 Å². The number of carbonyl (C=O) groups excluding carboxylic acids is 2. The Morgan fingerprint density at radius 2 is 1.50 bits per heavy atom. The van der Waals surface area contributed by atoms with Crippen LogP contribution in [0.15, 0.2) is 89.8 Å². The van der Waals surface area contributed by atoms with E-state index in [2.05, 4.69) is 5.32 Å². The molecule has 40 heavy (non-hydrogen) atoms. The highest BCUT2D eigenvalue weighted by Crippen LogP contribution is 2.29. The zero-order valence-electron chi connectivity index (χ0n) is 22.1. The second-order valence-electron chi connectivity index (χ2n) is 8.54. The highest BCUT2D eigenvalue weighted by Gasteiger charge is 2.22. The molecule has 4 rings (SSSR count). The van der Waals surface area contributed by atoms with Gasteiger partial charge in [-0.15, -0.1) is 0 Å². The molecule has 0 spiro atoms. The van der Waals surface area contributed by atoms with E-state index in [1.165, 1.54) is 37.7 Å². The van der Waals surface area contributed by atoms with E-state index in [4.69, 9.17) is 18.9 Å². The van der Waals surface area contributed by atoms with Gasteiger partial charge in [0.25, 0.3) is 15.9 Å². The van der Waals surface area contributed by atoms with Gasteiger partial charge in [0.2, 0.25) is 0 Å². The van der Waals surface area contributed by atoms with Crippen molar-refractivity contribution in [2.45, 2.75) is 4.90 Å². The molecule has 1 amide bonds. The summed E-state index contributed by atoms with van der Waals surface area (Å²) in [5, 5.41) is 4.37. The summed E-state index contributed by atoms with van der Waals surface area (Å²) in [5.41, 5.74) is 0.807.